The first kappa shape index (κ1) is 36.6. The maximum Gasteiger partial charge on any atom is 0.431 e. The molecule has 10 atom stereocenters. The highest BCUT2D eigenvalue weighted by atomic mass is 16.8. The summed E-state index contributed by atoms with van der Waals surface area (Å²) in [6.45, 7) is 7.61. The highest BCUT2D eigenvalue weighted by Crippen LogP contribution is 2.34. The van der Waals surface area contributed by atoms with Gasteiger partial charge in [0.25, 0.3) is 0 Å². The summed E-state index contributed by atoms with van der Waals surface area (Å²) in [7, 11) is 1.94. The molecule has 19 heteroatoms. The number of esters is 5. The van der Waals surface area contributed by atoms with Crippen LogP contribution >= 0.6 is 0 Å². The second kappa shape index (κ2) is 15.4. The van der Waals surface area contributed by atoms with Gasteiger partial charge in [-0.15, -0.1) is 0 Å². The molecule has 44 heavy (non-hydrogen) atoms. The molecule has 0 spiro atoms. The number of aliphatic hydroxyl groups is 2. The Kier molecular flexibility index (Phi) is 12.8. The van der Waals surface area contributed by atoms with Gasteiger partial charge in [0.05, 0.1) is 14.2 Å². The Hall–Kier alpha value is -3.62. The molecule has 0 radical (unpaired) electrons. The first-order valence-corrected chi connectivity index (χ1v) is 13.0. The van der Waals surface area contributed by atoms with Crippen molar-refractivity contribution >= 4 is 35.9 Å². The SMILES string of the molecule is COC(=O)[C@H]1O[C@@H](ONC(=O)OC(C)(C)C)[C@H](O)[C@@H](O[C@@H]2O[C@H](C(=O)OC)[C@@H](OC(C)=O)[C@H](OC(C)=O)[C@H]2OC(C)=O)[C@@H]1O. The van der Waals surface area contributed by atoms with Crippen molar-refractivity contribution in [2.75, 3.05) is 14.2 Å². The van der Waals surface area contributed by atoms with Crippen LogP contribution in [0.3, 0.4) is 0 Å². The van der Waals surface area contributed by atoms with Gasteiger partial charge in [0.15, 0.2) is 36.8 Å². The normalized spacial score (nSPS) is 32.0. The van der Waals surface area contributed by atoms with Crippen LogP contribution in [0.2, 0.25) is 0 Å². The van der Waals surface area contributed by atoms with E-state index in [2.05, 4.69) is 4.74 Å². The van der Waals surface area contributed by atoms with Crippen LogP contribution in [-0.2, 0) is 71.4 Å². The minimum atomic E-state index is -2.05. The summed E-state index contributed by atoms with van der Waals surface area (Å²) in [5.74, 6) is -5.20. The van der Waals surface area contributed by atoms with E-state index in [9.17, 15) is 39.0 Å². The molecule has 0 aromatic carbocycles. The Morgan fingerprint density at radius 1 is 0.659 bits per heavy atom. The van der Waals surface area contributed by atoms with E-state index in [4.69, 9.17) is 42.7 Å². The van der Waals surface area contributed by atoms with E-state index >= 15 is 0 Å². The van der Waals surface area contributed by atoms with E-state index in [0.717, 1.165) is 35.0 Å². The van der Waals surface area contributed by atoms with Crippen molar-refractivity contribution in [3.8, 4) is 0 Å². The molecule has 19 nitrogen and oxygen atoms in total. The zero-order valence-corrected chi connectivity index (χ0v) is 25.2. The summed E-state index contributed by atoms with van der Waals surface area (Å²) < 4.78 is 46.7. The molecular formula is C25H37NO18. The Morgan fingerprint density at radius 2 is 1.14 bits per heavy atom. The lowest BCUT2D eigenvalue weighted by atomic mass is 9.96. The fraction of sp³-hybridized carbons (Fsp3) is 0.760. The van der Waals surface area contributed by atoms with Crippen molar-refractivity contribution in [3.63, 3.8) is 0 Å². The molecule has 0 unspecified atom stereocenters. The van der Waals surface area contributed by atoms with Gasteiger partial charge in [0.1, 0.15) is 23.9 Å². The quantitative estimate of drug-likeness (QED) is 0.142. The first-order valence-electron chi connectivity index (χ1n) is 13.0. The summed E-state index contributed by atoms with van der Waals surface area (Å²) >= 11 is 0. The van der Waals surface area contributed by atoms with Crippen LogP contribution in [0.4, 0.5) is 4.79 Å². The average Bonchev–Trinajstić information content (AvgIpc) is 2.90. The van der Waals surface area contributed by atoms with Crippen LogP contribution in [0.5, 0.6) is 0 Å². The molecule has 2 rings (SSSR count). The summed E-state index contributed by atoms with van der Waals surface area (Å²) in [4.78, 5) is 78.2. The fourth-order valence-corrected chi connectivity index (χ4v) is 4.15. The maximum absolute atomic E-state index is 12.7. The van der Waals surface area contributed by atoms with E-state index < -0.39 is 103 Å². The van der Waals surface area contributed by atoms with Gasteiger partial charge in [0, 0.05) is 20.8 Å². The summed E-state index contributed by atoms with van der Waals surface area (Å²) in [5, 5.41) is 22.0. The highest BCUT2D eigenvalue weighted by Gasteiger charge is 2.58. The highest BCUT2D eigenvalue weighted by molar-refractivity contribution is 5.77. The van der Waals surface area contributed by atoms with E-state index in [1.807, 2.05) is 5.48 Å². The molecule has 1 amide bonds. The van der Waals surface area contributed by atoms with Crippen LogP contribution in [0.1, 0.15) is 41.5 Å². The zero-order chi connectivity index (χ0) is 33.5. The third-order valence-electron chi connectivity index (χ3n) is 5.76. The number of amides is 1. The number of hydroxylamine groups is 1. The summed E-state index contributed by atoms with van der Waals surface area (Å²) in [6.07, 6.45) is -20.1. The largest absolute Gasteiger partial charge is 0.467 e. The Balaban J connectivity index is 2.51. The van der Waals surface area contributed by atoms with Gasteiger partial charge in [-0.2, -0.15) is 5.48 Å². The van der Waals surface area contributed by atoms with E-state index in [-0.39, 0.29) is 0 Å². The average molecular weight is 640 g/mol. The van der Waals surface area contributed by atoms with Gasteiger partial charge in [-0.05, 0) is 20.8 Å². The maximum atomic E-state index is 12.7. The number of hydrogen-bond donors (Lipinski definition) is 3. The number of nitrogens with one attached hydrogen (secondary N) is 1. The van der Waals surface area contributed by atoms with Gasteiger partial charge in [-0.1, -0.05) is 0 Å². The predicted molar refractivity (Wildman–Crippen MR) is 135 cm³/mol. The molecule has 0 bridgehead atoms. The number of rotatable bonds is 9. The number of methoxy groups -OCH3 is 2. The third kappa shape index (κ3) is 9.69. The number of aliphatic hydroxyl groups excluding tert-OH is 2. The molecule has 0 aromatic heterocycles. The van der Waals surface area contributed by atoms with Crippen LogP contribution in [0, 0.1) is 0 Å². The van der Waals surface area contributed by atoms with Gasteiger partial charge >= 0.3 is 35.9 Å². The number of carbonyl (C=O) groups is 6. The Bertz CT molecular complexity index is 1070. The molecule has 0 aliphatic carbocycles. The Labute approximate surface area is 251 Å². The van der Waals surface area contributed by atoms with Crippen molar-refractivity contribution in [1.82, 2.24) is 5.48 Å². The third-order valence-corrected chi connectivity index (χ3v) is 5.76. The first-order chi connectivity index (χ1) is 20.4. The van der Waals surface area contributed by atoms with Crippen molar-refractivity contribution < 1.29 is 86.4 Å². The lowest BCUT2D eigenvalue weighted by Crippen LogP contribution is -2.67. The monoisotopic (exact) mass is 639 g/mol. The minimum absolute atomic E-state index is 0.945. The van der Waals surface area contributed by atoms with Gasteiger partial charge < -0.3 is 52.8 Å². The molecule has 2 fully saturated rings. The van der Waals surface area contributed by atoms with Crippen LogP contribution < -0.4 is 5.48 Å². The molecule has 2 saturated heterocycles. The van der Waals surface area contributed by atoms with Gasteiger partial charge in [-0.25, -0.2) is 19.2 Å². The number of ether oxygens (including phenoxy) is 9. The Morgan fingerprint density at radius 3 is 1.64 bits per heavy atom. The second-order valence-electron chi connectivity index (χ2n) is 10.4. The zero-order valence-electron chi connectivity index (χ0n) is 25.2. The van der Waals surface area contributed by atoms with Crippen LogP contribution in [0.25, 0.3) is 0 Å². The molecule has 0 saturated carbocycles. The van der Waals surface area contributed by atoms with Crippen LogP contribution in [-0.4, -0.2) is 127 Å². The van der Waals surface area contributed by atoms with Crippen molar-refractivity contribution in [3.05, 3.63) is 0 Å². The smallest absolute Gasteiger partial charge is 0.431 e. The lowest BCUT2D eigenvalue weighted by Gasteiger charge is -2.46. The summed E-state index contributed by atoms with van der Waals surface area (Å²) in [5.41, 5.74) is 0.924. The fourth-order valence-electron chi connectivity index (χ4n) is 4.15. The topological polar surface area (TPSA) is 247 Å². The molecule has 0 aromatic rings. The molecule has 2 heterocycles. The van der Waals surface area contributed by atoms with E-state index in [1.165, 1.54) is 0 Å². The molecule has 3 N–H and O–H groups in total. The van der Waals surface area contributed by atoms with E-state index in [1.54, 1.807) is 20.8 Å². The number of carbonyl (C=O) groups excluding carboxylic acids is 6. The van der Waals surface area contributed by atoms with Gasteiger partial charge in [-0.3, -0.25) is 14.4 Å². The summed E-state index contributed by atoms with van der Waals surface area (Å²) in [6, 6.07) is 0. The van der Waals surface area contributed by atoms with Crippen molar-refractivity contribution in [2.45, 2.75) is 109 Å². The van der Waals surface area contributed by atoms with Crippen molar-refractivity contribution in [1.29, 1.82) is 0 Å². The minimum Gasteiger partial charge on any atom is -0.467 e. The molecule has 2 aliphatic heterocycles. The standard InChI is InChI=1S/C25H37NO18/c1-9(27)37-16-17(38-10(2)28)19(39-11(3)29)23(42-18(16)21(33)36-8)40-14-12(30)15(20(32)35-7)41-22(13(14)31)44-26-24(34)43-25(4,5)6/h12-19,22-23,30-31H,1-8H3,(H,26,34)/t12-,13+,14-,15-,16-,17-,18-,19+,22-,23+/m0/s1. The molecule has 2 aliphatic rings. The number of hydrogen-bond acceptors (Lipinski definition) is 18. The van der Waals surface area contributed by atoms with Crippen molar-refractivity contribution in [2.24, 2.45) is 0 Å². The second-order valence-corrected chi connectivity index (χ2v) is 10.4. The van der Waals surface area contributed by atoms with Gasteiger partial charge in [0.2, 0.25) is 6.29 Å². The predicted octanol–water partition coefficient (Wildman–Crippen LogP) is -1.86. The van der Waals surface area contributed by atoms with E-state index in [0.29, 0.717) is 0 Å². The lowest BCUT2D eigenvalue weighted by molar-refractivity contribution is -0.357. The molecule has 250 valence electrons. The molecular weight excluding hydrogens is 602 g/mol. The van der Waals surface area contributed by atoms with Crippen LogP contribution in [0.15, 0.2) is 0 Å².